The molecule has 34 heavy (non-hydrogen) atoms. The zero-order chi connectivity index (χ0) is 23.3. The van der Waals surface area contributed by atoms with Crippen LogP contribution in [0.25, 0.3) is 11.4 Å². The number of tetrazole rings is 1. The molecule has 5 rings (SSSR count). The molecule has 0 bridgehead atoms. The van der Waals surface area contributed by atoms with Gasteiger partial charge in [-0.15, -0.1) is 10.2 Å². The van der Waals surface area contributed by atoms with E-state index in [4.69, 9.17) is 16.3 Å². The van der Waals surface area contributed by atoms with Crippen LogP contribution in [0.2, 0.25) is 5.02 Å². The highest BCUT2D eigenvalue weighted by Gasteiger charge is 2.27. The second-order valence-corrected chi connectivity index (χ2v) is 9.65. The van der Waals surface area contributed by atoms with Crippen molar-refractivity contribution < 1.29 is 9.13 Å². The van der Waals surface area contributed by atoms with Gasteiger partial charge >= 0.3 is 0 Å². The normalized spacial score (nSPS) is 20.5. The number of benzene rings is 2. The highest BCUT2D eigenvalue weighted by molar-refractivity contribution is 6.30. The standard InChI is InChI=1S/C27H28ClFN4O/c28-22-12-13-24(23-9-5-4-8-19(23)14-18-6-2-1-3-7-18)26(16-22)34-17-21-11-10-20(15-25(21)29)27-30-32-33-31-27/h4-5,8-13,15-16,18-19,23H,1-3,6-7,14,17H2,(H,30,31,32,33). The number of ether oxygens (including phenoxy) is 1. The van der Waals surface area contributed by atoms with Crippen molar-refractivity contribution in [1.82, 2.24) is 20.6 Å². The van der Waals surface area contributed by atoms with E-state index in [1.165, 1.54) is 44.6 Å². The van der Waals surface area contributed by atoms with Crippen LogP contribution in [0.15, 0.2) is 60.7 Å². The summed E-state index contributed by atoms with van der Waals surface area (Å²) in [5.74, 6) is 2.09. The summed E-state index contributed by atoms with van der Waals surface area (Å²) < 4.78 is 21.0. The number of nitrogens with zero attached hydrogens (tertiary/aromatic N) is 3. The molecular formula is C27H28ClFN4O. The van der Waals surface area contributed by atoms with Gasteiger partial charge < -0.3 is 4.74 Å². The zero-order valence-electron chi connectivity index (χ0n) is 19.0. The molecule has 0 radical (unpaired) electrons. The molecule has 2 atom stereocenters. The van der Waals surface area contributed by atoms with Crippen molar-refractivity contribution in [3.63, 3.8) is 0 Å². The minimum Gasteiger partial charge on any atom is -0.488 e. The van der Waals surface area contributed by atoms with Gasteiger partial charge in [0.15, 0.2) is 0 Å². The summed E-state index contributed by atoms with van der Waals surface area (Å²) in [5, 5.41) is 14.3. The Morgan fingerprint density at radius 3 is 2.68 bits per heavy atom. The summed E-state index contributed by atoms with van der Waals surface area (Å²) in [5.41, 5.74) is 2.11. The summed E-state index contributed by atoms with van der Waals surface area (Å²) >= 11 is 6.33. The van der Waals surface area contributed by atoms with Crippen LogP contribution in [0.4, 0.5) is 4.39 Å². The van der Waals surface area contributed by atoms with Gasteiger partial charge in [0.25, 0.3) is 0 Å². The lowest BCUT2D eigenvalue weighted by Crippen LogP contribution is -2.18. The van der Waals surface area contributed by atoms with Crippen LogP contribution in [0.5, 0.6) is 5.75 Å². The molecule has 2 unspecified atom stereocenters. The summed E-state index contributed by atoms with van der Waals surface area (Å²) in [6.07, 6.45) is 16.7. The molecule has 3 aromatic rings. The Balaban J connectivity index is 1.34. The van der Waals surface area contributed by atoms with Crippen LogP contribution in [0.1, 0.15) is 55.6 Å². The maximum Gasteiger partial charge on any atom is 0.204 e. The van der Waals surface area contributed by atoms with Crippen LogP contribution in [-0.2, 0) is 6.61 Å². The van der Waals surface area contributed by atoms with E-state index in [9.17, 15) is 4.39 Å². The summed E-state index contributed by atoms with van der Waals surface area (Å²) in [6.45, 7) is 0.102. The molecule has 1 saturated carbocycles. The second kappa shape index (κ2) is 10.5. The van der Waals surface area contributed by atoms with Gasteiger partial charge in [-0.2, -0.15) is 5.21 Å². The third-order valence-corrected chi connectivity index (χ3v) is 7.19. The van der Waals surface area contributed by atoms with Gasteiger partial charge in [-0.1, -0.05) is 86.2 Å². The second-order valence-electron chi connectivity index (χ2n) is 9.21. The fourth-order valence-electron chi connectivity index (χ4n) is 5.17. The molecule has 176 valence electrons. The number of hydrogen-bond donors (Lipinski definition) is 1. The lowest BCUT2D eigenvalue weighted by Gasteiger charge is -2.31. The van der Waals surface area contributed by atoms with Crippen LogP contribution in [0.3, 0.4) is 0 Å². The Bertz CT molecular complexity index is 1170. The average Bonchev–Trinajstić information content (AvgIpc) is 3.40. The average molecular weight is 479 g/mol. The Morgan fingerprint density at radius 2 is 1.88 bits per heavy atom. The minimum atomic E-state index is -0.374. The Kier molecular flexibility index (Phi) is 7.05. The number of halogens is 2. The minimum absolute atomic E-state index is 0.102. The van der Waals surface area contributed by atoms with Gasteiger partial charge in [0.1, 0.15) is 18.2 Å². The Hall–Kier alpha value is -2.99. The highest BCUT2D eigenvalue weighted by atomic mass is 35.5. The summed E-state index contributed by atoms with van der Waals surface area (Å²) in [6, 6.07) is 10.7. The quantitative estimate of drug-likeness (QED) is 0.395. The van der Waals surface area contributed by atoms with Crippen molar-refractivity contribution >= 4 is 11.6 Å². The first-order valence-corrected chi connectivity index (χ1v) is 12.3. The van der Waals surface area contributed by atoms with Crippen LogP contribution in [0, 0.1) is 17.7 Å². The van der Waals surface area contributed by atoms with Gasteiger partial charge in [0.05, 0.1) is 0 Å². The van der Waals surface area contributed by atoms with E-state index in [0.717, 1.165) is 11.5 Å². The molecule has 1 fully saturated rings. The Labute approximate surface area is 204 Å². The number of nitrogens with one attached hydrogen (secondary N) is 1. The van der Waals surface area contributed by atoms with Crippen molar-refractivity contribution in [3.8, 4) is 17.1 Å². The molecule has 7 heteroatoms. The molecule has 2 aromatic carbocycles. The maximum atomic E-state index is 14.8. The molecule has 2 aliphatic rings. The number of aromatic amines is 1. The van der Waals surface area contributed by atoms with E-state index < -0.39 is 0 Å². The van der Waals surface area contributed by atoms with Crippen LogP contribution < -0.4 is 4.74 Å². The molecule has 1 heterocycles. The molecule has 2 aliphatic carbocycles. The van der Waals surface area contributed by atoms with E-state index in [-0.39, 0.29) is 18.3 Å². The molecule has 1 aromatic heterocycles. The Morgan fingerprint density at radius 1 is 1.03 bits per heavy atom. The van der Waals surface area contributed by atoms with E-state index >= 15 is 0 Å². The van der Waals surface area contributed by atoms with Crippen molar-refractivity contribution in [2.75, 3.05) is 0 Å². The monoisotopic (exact) mass is 478 g/mol. The smallest absolute Gasteiger partial charge is 0.204 e. The highest BCUT2D eigenvalue weighted by Crippen LogP contribution is 2.42. The third kappa shape index (κ3) is 5.22. The predicted octanol–water partition coefficient (Wildman–Crippen LogP) is 7.03. The summed E-state index contributed by atoms with van der Waals surface area (Å²) in [4.78, 5) is 0. The topological polar surface area (TPSA) is 63.7 Å². The third-order valence-electron chi connectivity index (χ3n) is 6.95. The first-order valence-electron chi connectivity index (χ1n) is 12.0. The van der Waals surface area contributed by atoms with E-state index in [0.29, 0.717) is 33.6 Å². The molecular weight excluding hydrogens is 451 g/mol. The van der Waals surface area contributed by atoms with Gasteiger partial charge in [0.2, 0.25) is 5.82 Å². The summed E-state index contributed by atoms with van der Waals surface area (Å²) in [7, 11) is 0. The first kappa shape index (κ1) is 22.8. The number of rotatable bonds is 7. The van der Waals surface area contributed by atoms with Gasteiger partial charge in [-0.3, -0.25) is 0 Å². The van der Waals surface area contributed by atoms with Crippen molar-refractivity contribution in [2.45, 2.75) is 51.0 Å². The van der Waals surface area contributed by atoms with Gasteiger partial charge in [-0.05, 0) is 41.7 Å². The van der Waals surface area contributed by atoms with E-state index in [1.807, 2.05) is 12.1 Å². The first-order chi connectivity index (χ1) is 16.7. The molecule has 0 spiro atoms. The molecule has 0 aliphatic heterocycles. The fourth-order valence-corrected chi connectivity index (χ4v) is 5.33. The largest absolute Gasteiger partial charge is 0.488 e. The zero-order valence-corrected chi connectivity index (χ0v) is 19.7. The van der Waals surface area contributed by atoms with Crippen LogP contribution in [-0.4, -0.2) is 20.6 Å². The van der Waals surface area contributed by atoms with Crippen molar-refractivity contribution in [2.24, 2.45) is 11.8 Å². The lowest BCUT2D eigenvalue weighted by molar-refractivity contribution is 0.283. The van der Waals surface area contributed by atoms with Crippen molar-refractivity contribution in [3.05, 3.63) is 82.7 Å². The molecule has 1 N–H and O–H groups in total. The lowest BCUT2D eigenvalue weighted by atomic mass is 9.74. The fraction of sp³-hybridized carbons (Fsp3) is 0.370. The molecule has 0 saturated heterocycles. The number of H-pyrrole nitrogens is 1. The van der Waals surface area contributed by atoms with E-state index in [2.05, 4.69) is 51.0 Å². The SMILES string of the molecule is Fc1cc(-c2nn[nH]n2)ccc1COc1cc(Cl)ccc1C1C=CC=CC1CC1CCCCC1. The number of aromatic nitrogens is 4. The van der Waals surface area contributed by atoms with Gasteiger partial charge in [0, 0.05) is 27.6 Å². The number of hydrogen-bond acceptors (Lipinski definition) is 4. The van der Waals surface area contributed by atoms with Crippen LogP contribution >= 0.6 is 11.6 Å². The molecule has 5 nitrogen and oxygen atoms in total. The van der Waals surface area contributed by atoms with E-state index in [1.54, 1.807) is 12.1 Å². The predicted molar refractivity (Wildman–Crippen MR) is 131 cm³/mol. The van der Waals surface area contributed by atoms with Crippen molar-refractivity contribution in [1.29, 1.82) is 0 Å². The maximum absolute atomic E-state index is 14.8. The molecule has 0 amide bonds. The number of allylic oxidation sites excluding steroid dienone is 4. The van der Waals surface area contributed by atoms with Gasteiger partial charge in [-0.25, -0.2) is 4.39 Å².